The van der Waals surface area contributed by atoms with E-state index in [4.69, 9.17) is 16.3 Å². The molecule has 0 fully saturated rings. The first-order chi connectivity index (χ1) is 12.2. The molecular formula is C20H23ClN2O3. The molecule has 2 rings (SSSR count). The van der Waals surface area contributed by atoms with Crippen LogP contribution in [-0.2, 0) is 9.59 Å². The maximum absolute atomic E-state index is 12.4. The van der Waals surface area contributed by atoms with Gasteiger partial charge in [-0.2, -0.15) is 0 Å². The van der Waals surface area contributed by atoms with E-state index in [-0.39, 0.29) is 18.4 Å². The lowest BCUT2D eigenvalue weighted by Gasteiger charge is -2.25. The summed E-state index contributed by atoms with van der Waals surface area (Å²) < 4.78 is 5.71. The lowest BCUT2D eigenvalue weighted by Crippen LogP contribution is -2.48. The van der Waals surface area contributed by atoms with Crippen molar-refractivity contribution in [3.8, 4) is 5.75 Å². The largest absolute Gasteiger partial charge is 0.478 e. The zero-order chi connectivity index (χ0) is 19.3. The number of amides is 2. The molecule has 2 N–H and O–H groups in total. The second-order valence-corrected chi connectivity index (χ2v) is 7.00. The van der Waals surface area contributed by atoms with Crippen molar-refractivity contribution in [2.24, 2.45) is 0 Å². The van der Waals surface area contributed by atoms with Crippen LogP contribution in [0.4, 0.5) is 5.69 Å². The van der Waals surface area contributed by atoms with Crippen LogP contribution in [0.5, 0.6) is 5.75 Å². The molecule has 0 aliphatic heterocycles. The third-order valence-corrected chi connectivity index (χ3v) is 4.14. The molecule has 0 radical (unpaired) electrons. The molecule has 0 heterocycles. The standard InChI is InChI=1S/C20H23ClN2O3/c1-13-6-5-7-14(2)18(13)23-17(24)12-22-19(25)20(3,4)26-16-10-8-15(21)9-11-16/h5-11H,12H2,1-4H3,(H,22,25)(H,23,24). The second kappa shape index (κ2) is 8.23. The number of hydrogen-bond donors (Lipinski definition) is 2. The Hall–Kier alpha value is -2.53. The van der Waals surface area contributed by atoms with Gasteiger partial charge in [-0.3, -0.25) is 9.59 Å². The van der Waals surface area contributed by atoms with E-state index in [0.29, 0.717) is 10.8 Å². The van der Waals surface area contributed by atoms with E-state index in [2.05, 4.69) is 10.6 Å². The lowest BCUT2D eigenvalue weighted by molar-refractivity contribution is -0.135. The second-order valence-electron chi connectivity index (χ2n) is 6.56. The molecule has 26 heavy (non-hydrogen) atoms. The van der Waals surface area contributed by atoms with Crippen molar-refractivity contribution in [3.63, 3.8) is 0 Å². The summed E-state index contributed by atoms with van der Waals surface area (Å²) in [6, 6.07) is 12.5. The Labute approximate surface area is 158 Å². The van der Waals surface area contributed by atoms with Gasteiger partial charge in [-0.05, 0) is 63.1 Å². The van der Waals surface area contributed by atoms with E-state index in [9.17, 15) is 9.59 Å². The SMILES string of the molecule is Cc1cccc(C)c1NC(=O)CNC(=O)C(C)(C)Oc1ccc(Cl)cc1. The van der Waals surface area contributed by atoms with Crippen LogP contribution >= 0.6 is 11.6 Å². The molecule has 0 unspecified atom stereocenters. The van der Waals surface area contributed by atoms with Crippen molar-refractivity contribution in [2.75, 3.05) is 11.9 Å². The third-order valence-electron chi connectivity index (χ3n) is 3.89. The number of carbonyl (C=O) groups is 2. The van der Waals surface area contributed by atoms with Gasteiger partial charge in [0.15, 0.2) is 5.60 Å². The Morgan fingerprint density at radius 3 is 2.19 bits per heavy atom. The molecule has 0 saturated carbocycles. The van der Waals surface area contributed by atoms with Crippen molar-refractivity contribution in [1.82, 2.24) is 5.32 Å². The van der Waals surface area contributed by atoms with Crippen molar-refractivity contribution in [1.29, 1.82) is 0 Å². The molecule has 138 valence electrons. The summed E-state index contributed by atoms with van der Waals surface area (Å²) in [7, 11) is 0. The number of para-hydroxylation sites is 1. The first-order valence-electron chi connectivity index (χ1n) is 8.28. The molecule has 2 aromatic rings. The van der Waals surface area contributed by atoms with Crippen LogP contribution in [0.2, 0.25) is 5.02 Å². The summed E-state index contributed by atoms with van der Waals surface area (Å²) in [5.41, 5.74) is 1.57. The monoisotopic (exact) mass is 374 g/mol. The number of anilines is 1. The van der Waals surface area contributed by atoms with Gasteiger partial charge in [-0.1, -0.05) is 29.8 Å². The summed E-state index contributed by atoms with van der Waals surface area (Å²) in [4.78, 5) is 24.5. The molecule has 0 aliphatic rings. The summed E-state index contributed by atoms with van der Waals surface area (Å²) in [5.74, 6) is -0.156. The van der Waals surface area contributed by atoms with Gasteiger partial charge in [0.05, 0.1) is 6.54 Å². The average Bonchev–Trinajstić information content (AvgIpc) is 2.58. The summed E-state index contributed by atoms with van der Waals surface area (Å²) in [6.45, 7) is 6.98. The fourth-order valence-electron chi connectivity index (χ4n) is 2.41. The third kappa shape index (κ3) is 5.23. The van der Waals surface area contributed by atoms with Gasteiger partial charge in [0, 0.05) is 10.7 Å². The predicted octanol–water partition coefficient (Wildman–Crippen LogP) is 3.87. The van der Waals surface area contributed by atoms with Crippen LogP contribution in [0.25, 0.3) is 0 Å². The number of ether oxygens (including phenoxy) is 1. The van der Waals surface area contributed by atoms with Crippen LogP contribution in [0.15, 0.2) is 42.5 Å². The fraction of sp³-hybridized carbons (Fsp3) is 0.300. The molecule has 0 atom stereocenters. The van der Waals surface area contributed by atoms with Crippen LogP contribution in [0.1, 0.15) is 25.0 Å². The maximum atomic E-state index is 12.4. The average molecular weight is 375 g/mol. The van der Waals surface area contributed by atoms with Gasteiger partial charge < -0.3 is 15.4 Å². The van der Waals surface area contributed by atoms with Gasteiger partial charge in [0.25, 0.3) is 5.91 Å². The minimum Gasteiger partial charge on any atom is -0.478 e. The van der Waals surface area contributed by atoms with E-state index < -0.39 is 5.60 Å². The highest BCUT2D eigenvalue weighted by atomic mass is 35.5. The van der Waals surface area contributed by atoms with E-state index in [1.165, 1.54) is 0 Å². The molecule has 2 amide bonds. The Bertz CT molecular complexity index is 781. The highest BCUT2D eigenvalue weighted by molar-refractivity contribution is 6.30. The first kappa shape index (κ1) is 19.8. The van der Waals surface area contributed by atoms with Gasteiger partial charge >= 0.3 is 0 Å². The molecule has 5 nitrogen and oxygen atoms in total. The van der Waals surface area contributed by atoms with E-state index >= 15 is 0 Å². The fourth-order valence-corrected chi connectivity index (χ4v) is 2.54. The topological polar surface area (TPSA) is 67.4 Å². The molecule has 2 aromatic carbocycles. The Kier molecular flexibility index (Phi) is 6.27. The maximum Gasteiger partial charge on any atom is 0.264 e. The minimum absolute atomic E-state index is 0.139. The van der Waals surface area contributed by atoms with Gasteiger partial charge in [-0.15, -0.1) is 0 Å². The molecule has 6 heteroatoms. The molecule has 0 bridgehead atoms. The van der Waals surface area contributed by atoms with E-state index in [1.807, 2.05) is 32.0 Å². The van der Waals surface area contributed by atoms with E-state index in [0.717, 1.165) is 16.8 Å². The van der Waals surface area contributed by atoms with Crippen LogP contribution in [0.3, 0.4) is 0 Å². The Morgan fingerprint density at radius 2 is 1.62 bits per heavy atom. The van der Waals surface area contributed by atoms with E-state index in [1.54, 1.807) is 38.1 Å². The predicted molar refractivity (Wildman–Crippen MR) is 104 cm³/mol. The van der Waals surface area contributed by atoms with Crippen molar-refractivity contribution >= 4 is 29.1 Å². The quantitative estimate of drug-likeness (QED) is 0.806. The molecule has 0 spiro atoms. The Balaban J connectivity index is 1.92. The highest BCUT2D eigenvalue weighted by Gasteiger charge is 2.30. The number of benzene rings is 2. The smallest absolute Gasteiger partial charge is 0.264 e. The molecule has 0 aromatic heterocycles. The van der Waals surface area contributed by atoms with Crippen molar-refractivity contribution in [2.45, 2.75) is 33.3 Å². The lowest BCUT2D eigenvalue weighted by atomic mass is 10.1. The van der Waals surface area contributed by atoms with Gasteiger partial charge in [0.1, 0.15) is 5.75 Å². The van der Waals surface area contributed by atoms with Crippen molar-refractivity contribution < 1.29 is 14.3 Å². The number of hydrogen-bond acceptors (Lipinski definition) is 3. The molecular weight excluding hydrogens is 352 g/mol. The van der Waals surface area contributed by atoms with Crippen LogP contribution < -0.4 is 15.4 Å². The normalized spacial score (nSPS) is 11.0. The summed E-state index contributed by atoms with van der Waals surface area (Å²) >= 11 is 5.84. The van der Waals surface area contributed by atoms with Crippen LogP contribution in [0, 0.1) is 13.8 Å². The number of nitrogens with one attached hydrogen (secondary N) is 2. The number of carbonyl (C=O) groups excluding carboxylic acids is 2. The zero-order valence-corrected chi connectivity index (χ0v) is 16.1. The van der Waals surface area contributed by atoms with Crippen molar-refractivity contribution in [3.05, 3.63) is 58.6 Å². The van der Waals surface area contributed by atoms with Gasteiger partial charge in [0.2, 0.25) is 5.91 Å². The number of rotatable bonds is 6. The number of aryl methyl sites for hydroxylation is 2. The summed E-state index contributed by atoms with van der Waals surface area (Å²) in [6.07, 6.45) is 0. The summed E-state index contributed by atoms with van der Waals surface area (Å²) in [5, 5.41) is 6.03. The van der Waals surface area contributed by atoms with Gasteiger partial charge in [-0.25, -0.2) is 0 Å². The van der Waals surface area contributed by atoms with Crippen LogP contribution in [-0.4, -0.2) is 24.0 Å². The Morgan fingerprint density at radius 1 is 1.04 bits per heavy atom. The number of halogens is 1. The molecule has 0 saturated heterocycles. The zero-order valence-electron chi connectivity index (χ0n) is 15.4. The minimum atomic E-state index is -1.13. The first-order valence-corrected chi connectivity index (χ1v) is 8.66. The molecule has 0 aliphatic carbocycles. The highest BCUT2D eigenvalue weighted by Crippen LogP contribution is 2.21.